The molecule has 3 fully saturated rings. The number of hydrogen-bond donors (Lipinski definition) is 2. The number of aliphatic hydroxyl groups is 2. The molecule has 3 saturated carbocycles. The van der Waals surface area contributed by atoms with E-state index in [1.807, 2.05) is 0 Å². The Balaban J connectivity index is 1.98. The molecule has 0 aromatic rings. The molecule has 11 atom stereocenters. The number of fused-ring (bicyclic) bond motifs is 5. The van der Waals surface area contributed by atoms with Crippen LogP contribution in [0.25, 0.3) is 0 Å². The van der Waals surface area contributed by atoms with Crippen molar-refractivity contribution < 1.29 is 57.9 Å². The first-order valence-corrected chi connectivity index (χ1v) is 17.7. The van der Waals surface area contributed by atoms with Crippen LogP contribution >= 0.6 is 0 Å². The van der Waals surface area contributed by atoms with Gasteiger partial charge in [-0.3, -0.25) is 24.0 Å². The molecule has 0 spiro atoms. The molecular formula is C37H56O12. The van der Waals surface area contributed by atoms with Crippen molar-refractivity contribution in [3.63, 3.8) is 0 Å². The van der Waals surface area contributed by atoms with Crippen LogP contribution in [0.2, 0.25) is 0 Å². The third-order valence-electron chi connectivity index (χ3n) is 12.0. The summed E-state index contributed by atoms with van der Waals surface area (Å²) in [5.41, 5.74) is -6.43. The van der Waals surface area contributed by atoms with Gasteiger partial charge < -0.3 is 33.9 Å². The zero-order valence-electron chi connectivity index (χ0n) is 30.5. The molecule has 12 nitrogen and oxygen atoms in total. The number of carbonyl (C=O) groups excluding carboxylic acids is 5. The van der Waals surface area contributed by atoms with Crippen molar-refractivity contribution in [3.05, 3.63) is 11.6 Å². The van der Waals surface area contributed by atoms with Crippen LogP contribution in [0.15, 0.2) is 11.6 Å². The average Bonchev–Trinajstić information content (AvgIpc) is 3.29. The Hall–Kier alpha value is -2.99. The van der Waals surface area contributed by atoms with E-state index >= 15 is 0 Å². The Morgan fingerprint density at radius 3 is 1.88 bits per heavy atom. The highest BCUT2D eigenvalue weighted by molar-refractivity contribution is 5.69. The average molecular weight is 693 g/mol. The molecule has 276 valence electrons. The van der Waals surface area contributed by atoms with Gasteiger partial charge in [0.1, 0.15) is 42.2 Å². The van der Waals surface area contributed by atoms with Crippen molar-refractivity contribution in [3.8, 4) is 0 Å². The number of ether oxygens (including phenoxy) is 5. The lowest BCUT2D eigenvalue weighted by Gasteiger charge is -2.68. The van der Waals surface area contributed by atoms with E-state index in [2.05, 4.69) is 27.7 Å². The number of esters is 5. The molecule has 0 aromatic heterocycles. The maximum atomic E-state index is 13.5. The zero-order valence-corrected chi connectivity index (χ0v) is 30.5. The van der Waals surface area contributed by atoms with Gasteiger partial charge >= 0.3 is 29.8 Å². The van der Waals surface area contributed by atoms with Crippen LogP contribution in [0.1, 0.15) is 114 Å². The molecule has 4 rings (SSSR count). The SMILES string of the molecule is CC(=O)OC[C@]12C[C@@H](OC(C)=O)[C@H](OC(C)=O)C[C@]1(O)[C@H](OC(C)=O)C=C1[C@@H]3CC[C@H]([C@H](C)CCCC(C)C)[C@@]3(C)C[C@@H](OC(C)=O)[C@@]12O. The normalized spacial score (nSPS) is 38.6. The van der Waals surface area contributed by atoms with Crippen molar-refractivity contribution in [2.75, 3.05) is 6.61 Å². The van der Waals surface area contributed by atoms with Gasteiger partial charge in [-0.2, -0.15) is 0 Å². The van der Waals surface area contributed by atoms with Crippen LogP contribution in [-0.2, 0) is 47.7 Å². The maximum absolute atomic E-state index is 13.5. The van der Waals surface area contributed by atoms with Crippen molar-refractivity contribution in [2.24, 2.45) is 34.5 Å². The Morgan fingerprint density at radius 1 is 0.776 bits per heavy atom. The van der Waals surface area contributed by atoms with E-state index in [0.717, 1.165) is 25.7 Å². The monoisotopic (exact) mass is 692 g/mol. The molecule has 0 bridgehead atoms. The minimum atomic E-state index is -2.25. The lowest BCUT2D eigenvalue weighted by molar-refractivity contribution is -0.315. The second-order valence-corrected chi connectivity index (χ2v) is 15.8. The molecule has 2 N–H and O–H groups in total. The van der Waals surface area contributed by atoms with Crippen LogP contribution in [0.4, 0.5) is 0 Å². The van der Waals surface area contributed by atoms with Gasteiger partial charge in [0.2, 0.25) is 0 Å². The first kappa shape index (κ1) is 38.8. The maximum Gasteiger partial charge on any atom is 0.303 e. The van der Waals surface area contributed by atoms with Crippen LogP contribution in [0.3, 0.4) is 0 Å². The molecule has 4 aliphatic rings. The topological polar surface area (TPSA) is 172 Å². The summed E-state index contributed by atoms with van der Waals surface area (Å²) in [7, 11) is 0. The standard InChI is InChI=1S/C37H56O12/c1-20(2)11-10-12-21(3)27-13-14-28-29-15-32(48-25(7)41)36(43)17-31(47-24(6)40)30(46-23(5)39)16-35(36,19-45-22(4)38)37(29,44)33(49-26(8)42)18-34(27,28)9/h15,20-21,27-28,30-33,43-44H,10-14,16-19H2,1-9H3/t21-,27-,28+,30-,31-,32-,33-,34-,35-,36+,37+/m1/s1. The van der Waals surface area contributed by atoms with Crippen molar-refractivity contribution in [1.29, 1.82) is 0 Å². The first-order chi connectivity index (χ1) is 22.7. The highest BCUT2D eigenvalue weighted by atomic mass is 16.6. The van der Waals surface area contributed by atoms with Crippen LogP contribution in [0.5, 0.6) is 0 Å². The molecule has 49 heavy (non-hydrogen) atoms. The predicted octanol–water partition coefficient (Wildman–Crippen LogP) is 4.36. The van der Waals surface area contributed by atoms with Crippen molar-refractivity contribution in [1.82, 2.24) is 0 Å². The number of hydrogen-bond acceptors (Lipinski definition) is 12. The third kappa shape index (κ3) is 7.01. The van der Waals surface area contributed by atoms with Crippen LogP contribution in [0, 0.1) is 34.5 Å². The lowest BCUT2D eigenvalue weighted by Crippen LogP contribution is -2.80. The number of carbonyl (C=O) groups is 5. The molecule has 12 heteroatoms. The minimum Gasteiger partial charge on any atom is -0.465 e. The molecule has 0 radical (unpaired) electrons. The summed E-state index contributed by atoms with van der Waals surface area (Å²) in [5, 5.41) is 26.5. The summed E-state index contributed by atoms with van der Waals surface area (Å²) >= 11 is 0. The van der Waals surface area contributed by atoms with Gasteiger partial charge in [0.25, 0.3) is 0 Å². The summed E-state index contributed by atoms with van der Waals surface area (Å²) in [5.74, 6) is -2.66. The smallest absolute Gasteiger partial charge is 0.303 e. The quantitative estimate of drug-likeness (QED) is 0.178. The molecule has 0 saturated heterocycles. The van der Waals surface area contributed by atoms with E-state index < -0.39 is 89.3 Å². The van der Waals surface area contributed by atoms with Crippen molar-refractivity contribution in [2.45, 2.75) is 149 Å². The van der Waals surface area contributed by atoms with Gasteiger partial charge in [0, 0.05) is 47.5 Å². The fraction of sp³-hybridized carbons (Fsp3) is 0.811. The molecule has 0 heterocycles. The molecule has 0 aromatic carbocycles. The van der Waals surface area contributed by atoms with Gasteiger partial charge in [-0.25, -0.2) is 0 Å². The first-order valence-electron chi connectivity index (χ1n) is 17.7. The van der Waals surface area contributed by atoms with Gasteiger partial charge in [-0.05, 0) is 60.0 Å². The molecule has 4 aliphatic carbocycles. The van der Waals surface area contributed by atoms with Crippen LogP contribution < -0.4 is 0 Å². The lowest BCUT2D eigenvalue weighted by atomic mass is 9.41. The summed E-state index contributed by atoms with van der Waals surface area (Å²) < 4.78 is 28.8. The van der Waals surface area contributed by atoms with E-state index in [0.29, 0.717) is 23.8 Å². The Bertz CT molecular complexity index is 1340. The fourth-order valence-electron chi connectivity index (χ4n) is 10.2. The number of rotatable bonds is 11. The highest BCUT2D eigenvalue weighted by Gasteiger charge is 2.79. The zero-order chi connectivity index (χ0) is 36.7. The summed E-state index contributed by atoms with van der Waals surface area (Å²) in [6, 6.07) is 0. The molecule has 0 unspecified atom stereocenters. The van der Waals surface area contributed by atoms with Gasteiger partial charge in [-0.1, -0.05) is 47.0 Å². The van der Waals surface area contributed by atoms with E-state index in [1.54, 1.807) is 6.08 Å². The Kier molecular flexibility index (Phi) is 11.3. The molecule has 0 aliphatic heterocycles. The summed E-state index contributed by atoms with van der Waals surface area (Å²) in [6.07, 6.45) is 0.654. The fourth-order valence-corrected chi connectivity index (χ4v) is 10.2. The third-order valence-corrected chi connectivity index (χ3v) is 12.0. The molecule has 0 amide bonds. The van der Waals surface area contributed by atoms with Crippen molar-refractivity contribution >= 4 is 29.8 Å². The second kappa shape index (κ2) is 14.3. The molecular weight excluding hydrogens is 636 g/mol. The highest BCUT2D eigenvalue weighted by Crippen LogP contribution is 2.70. The summed E-state index contributed by atoms with van der Waals surface area (Å²) in [6.45, 7) is 14.2. The van der Waals surface area contributed by atoms with E-state index in [1.165, 1.54) is 34.6 Å². The van der Waals surface area contributed by atoms with E-state index in [9.17, 15) is 34.2 Å². The Labute approximate surface area is 289 Å². The summed E-state index contributed by atoms with van der Waals surface area (Å²) in [4.78, 5) is 62.7. The largest absolute Gasteiger partial charge is 0.465 e. The van der Waals surface area contributed by atoms with Gasteiger partial charge in [0.05, 0.1) is 5.41 Å². The van der Waals surface area contributed by atoms with Gasteiger partial charge in [0.15, 0.2) is 0 Å². The van der Waals surface area contributed by atoms with Crippen LogP contribution in [-0.4, -0.2) is 82.3 Å². The van der Waals surface area contributed by atoms with Gasteiger partial charge in [-0.15, -0.1) is 0 Å². The van der Waals surface area contributed by atoms with E-state index in [4.69, 9.17) is 23.7 Å². The Morgan fingerprint density at radius 2 is 1.35 bits per heavy atom. The minimum absolute atomic E-state index is 0.207. The van der Waals surface area contributed by atoms with E-state index in [-0.39, 0.29) is 24.7 Å². The predicted molar refractivity (Wildman–Crippen MR) is 175 cm³/mol. The second-order valence-electron chi connectivity index (χ2n) is 15.8.